The Hall–Kier alpha value is -0.200. The van der Waals surface area contributed by atoms with Gasteiger partial charge in [0.05, 0.1) is 26.4 Å². The standard InChI is InChI=1S/C18H34O5/c1-7-19-8-2-18-5-11-22-15-13-20-9-3-17(1)4-10-21-14-16-23-12-6-18/h17-18H,1-16H2. The molecule has 0 aromatic rings. The van der Waals surface area contributed by atoms with Crippen LogP contribution in [0.4, 0.5) is 0 Å². The van der Waals surface area contributed by atoms with Gasteiger partial charge in [-0.05, 0) is 50.4 Å². The molecule has 2 aliphatic rings. The van der Waals surface area contributed by atoms with E-state index < -0.39 is 0 Å². The topological polar surface area (TPSA) is 46.2 Å². The average Bonchev–Trinajstić information content (AvgIpc) is 2.57. The van der Waals surface area contributed by atoms with Gasteiger partial charge in [0.25, 0.3) is 0 Å². The highest BCUT2D eigenvalue weighted by Crippen LogP contribution is 2.17. The first kappa shape index (κ1) is 19.1. The van der Waals surface area contributed by atoms with Gasteiger partial charge in [0, 0.05) is 39.6 Å². The minimum Gasteiger partial charge on any atom is -0.381 e. The van der Waals surface area contributed by atoms with Gasteiger partial charge < -0.3 is 23.7 Å². The van der Waals surface area contributed by atoms with E-state index in [4.69, 9.17) is 23.7 Å². The summed E-state index contributed by atoms with van der Waals surface area (Å²) >= 11 is 0. The Bertz CT molecular complexity index is 228. The van der Waals surface area contributed by atoms with Crippen LogP contribution in [0.1, 0.15) is 38.5 Å². The monoisotopic (exact) mass is 330 g/mol. The maximum absolute atomic E-state index is 5.88. The summed E-state index contributed by atoms with van der Waals surface area (Å²) in [6.45, 7) is 7.73. The van der Waals surface area contributed by atoms with E-state index in [1.54, 1.807) is 0 Å². The van der Waals surface area contributed by atoms with Crippen molar-refractivity contribution >= 4 is 0 Å². The van der Waals surface area contributed by atoms with E-state index in [9.17, 15) is 0 Å². The predicted octanol–water partition coefficient (Wildman–Crippen LogP) is 2.67. The first-order valence-electron chi connectivity index (χ1n) is 9.34. The lowest BCUT2D eigenvalue weighted by Crippen LogP contribution is -2.15. The molecule has 2 heterocycles. The third-order valence-electron chi connectivity index (χ3n) is 4.77. The van der Waals surface area contributed by atoms with Crippen LogP contribution in [-0.2, 0) is 23.7 Å². The van der Waals surface area contributed by atoms with Crippen molar-refractivity contribution in [3.05, 3.63) is 0 Å². The third kappa shape index (κ3) is 9.62. The fourth-order valence-electron chi connectivity index (χ4n) is 3.11. The first-order chi connectivity index (χ1) is 11.4. The predicted molar refractivity (Wildman–Crippen MR) is 88.8 cm³/mol. The van der Waals surface area contributed by atoms with Gasteiger partial charge in [-0.3, -0.25) is 0 Å². The molecular formula is C18H34O5. The Labute approximate surface area is 140 Å². The van der Waals surface area contributed by atoms with Crippen molar-refractivity contribution < 1.29 is 23.7 Å². The first-order valence-corrected chi connectivity index (χ1v) is 9.34. The lowest BCUT2D eigenvalue weighted by molar-refractivity contribution is 0.0201. The van der Waals surface area contributed by atoms with Crippen LogP contribution in [0.15, 0.2) is 0 Å². The van der Waals surface area contributed by atoms with Crippen molar-refractivity contribution in [1.29, 1.82) is 0 Å². The molecule has 0 saturated carbocycles. The Morgan fingerprint density at radius 3 is 0.783 bits per heavy atom. The number of hydrogen-bond acceptors (Lipinski definition) is 5. The third-order valence-corrected chi connectivity index (χ3v) is 4.77. The second-order valence-corrected chi connectivity index (χ2v) is 6.53. The summed E-state index contributed by atoms with van der Waals surface area (Å²) in [5.41, 5.74) is 0. The number of ether oxygens (including phenoxy) is 5. The molecule has 5 nitrogen and oxygen atoms in total. The molecule has 0 amide bonds. The van der Waals surface area contributed by atoms with Crippen LogP contribution in [0.5, 0.6) is 0 Å². The summed E-state index contributed by atoms with van der Waals surface area (Å²) in [6.07, 6.45) is 6.50. The van der Waals surface area contributed by atoms with Gasteiger partial charge in [0.2, 0.25) is 0 Å². The van der Waals surface area contributed by atoms with Gasteiger partial charge >= 0.3 is 0 Å². The van der Waals surface area contributed by atoms with Crippen LogP contribution in [0, 0.1) is 11.8 Å². The van der Waals surface area contributed by atoms with E-state index in [1.165, 1.54) is 0 Å². The molecular weight excluding hydrogens is 296 g/mol. The maximum atomic E-state index is 5.88. The summed E-state index contributed by atoms with van der Waals surface area (Å²) in [4.78, 5) is 0. The van der Waals surface area contributed by atoms with Gasteiger partial charge in [-0.2, -0.15) is 0 Å². The van der Waals surface area contributed by atoms with Gasteiger partial charge in [-0.15, -0.1) is 0 Å². The SMILES string of the molecule is C1COCCC2CCOCCOCCC(CCO1)CCOCC2. The molecule has 5 heteroatoms. The molecule has 0 spiro atoms. The highest BCUT2D eigenvalue weighted by atomic mass is 16.5. The Balaban J connectivity index is 1.87. The van der Waals surface area contributed by atoms with Crippen molar-refractivity contribution in [2.75, 3.05) is 66.1 Å². The maximum Gasteiger partial charge on any atom is 0.0700 e. The average molecular weight is 330 g/mol. The molecule has 0 atom stereocenters. The Kier molecular flexibility index (Phi) is 10.9. The van der Waals surface area contributed by atoms with E-state index in [-0.39, 0.29) is 0 Å². The second kappa shape index (κ2) is 13.1. The van der Waals surface area contributed by atoms with Crippen LogP contribution < -0.4 is 0 Å². The van der Waals surface area contributed by atoms with Crippen molar-refractivity contribution in [2.45, 2.75) is 38.5 Å². The lowest BCUT2D eigenvalue weighted by Gasteiger charge is -2.17. The highest BCUT2D eigenvalue weighted by Gasteiger charge is 2.13. The molecule has 0 N–H and O–H groups in total. The van der Waals surface area contributed by atoms with Crippen molar-refractivity contribution in [2.24, 2.45) is 11.8 Å². The molecule has 2 bridgehead atoms. The summed E-state index contributed by atoms with van der Waals surface area (Å²) < 4.78 is 28.7. The van der Waals surface area contributed by atoms with Gasteiger partial charge in [0.1, 0.15) is 0 Å². The molecule has 0 aromatic heterocycles. The summed E-state index contributed by atoms with van der Waals surface area (Å²) in [7, 11) is 0. The van der Waals surface area contributed by atoms with Gasteiger partial charge in [0.15, 0.2) is 0 Å². The fraction of sp³-hybridized carbons (Fsp3) is 1.00. The zero-order chi connectivity index (χ0) is 16.0. The van der Waals surface area contributed by atoms with E-state index in [0.717, 1.165) is 78.2 Å². The molecule has 0 aromatic carbocycles. The highest BCUT2D eigenvalue weighted by molar-refractivity contribution is 4.62. The minimum atomic E-state index is 0.614. The molecule has 0 radical (unpaired) electrons. The van der Waals surface area contributed by atoms with Crippen LogP contribution in [0.2, 0.25) is 0 Å². The zero-order valence-electron chi connectivity index (χ0n) is 14.5. The van der Waals surface area contributed by atoms with Crippen molar-refractivity contribution in [3.8, 4) is 0 Å². The van der Waals surface area contributed by atoms with E-state index in [1.807, 2.05) is 0 Å². The normalized spacial score (nSPS) is 31.3. The summed E-state index contributed by atoms with van der Waals surface area (Å²) in [5.74, 6) is 1.23. The largest absolute Gasteiger partial charge is 0.381 e. The summed E-state index contributed by atoms with van der Waals surface area (Å²) in [6, 6.07) is 0. The Morgan fingerprint density at radius 2 is 0.522 bits per heavy atom. The molecule has 0 unspecified atom stereocenters. The fourth-order valence-corrected chi connectivity index (χ4v) is 3.11. The minimum absolute atomic E-state index is 0.614. The second-order valence-electron chi connectivity index (χ2n) is 6.53. The molecule has 23 heavy (non-hydrogen) atoms. The molecule has 2 rings (SSSR count). The van der Waals surface area contributed by atoms with Crippen molar-refractivity contribution in [1.82, 2.24) is 0 Å². The molecule has 2 saturated heterocycles. The van der Waals surface area contributed by atoms with Crippen LogP contribution in [-0.4, -0.2) is 66.1 Å². The quantitative estimate of drug-likeness (QED) is 0.683. The lowest BCUT2D eigenvalue weighted by atomic mass is 9.98. The van der Waals surface area contributed by atoms with E-state index >= 15 is 0 Å². The van der Waals surface area contributed by atoms with Crippen LogP contribution >= 0.6 is 0 Å². The number of rotatable bonds is 0. The van der Waals surface area contributed by atoms with Crippen molar-refractivity contribution in [3.63, 3.8) is 0 Å². The molecule has 0 aliphatic carbocycles. The number of fused-ring (bicyclic) bond motifs is 6. The van der Waals surface area contributed by atoms with Gasteiger partial charge in [-0.25, -0.2) is 0 Å². The molecule has 2 aliphatic heterocycles. The number of hydrogen-bond donors (Lipinski definition) is 0. The van der Waals surface area contributed by atoms with E-state index in [0.29, 0.717) is 38.3 Å². The summed E-state index contributed by atoms with van der Waals surface area (Å²) in [5, 5.41) is 0. The van der Waals surface area contributed by atoms with Crippen LogP contribution in [0.3, 0.4) is 0 Å². The smallest absolute Gasteiger partial charge is 0.0700 e. The molecule has 136 valence electrons. The molecule has 2 fully saturated rings. The Morgan fingerprint density at radius 1 is 0.304 bits per heavy atom. The zero-order valence-corrected chi connectivity index (χ0v) is 14.5. The van der Waals surface area contributed by atoms with Crippen LogP contribution in [0.25, 0.3) is 0 Å². The van der Waals surface area contributed by atoms with Gasteiger partial charge in [-0.1, -0.05) is 0 Å². The van der Waals surface area contributed by atoms with E-state index in [2.05, 4.69) is 0 Å².